The maximum absolute atomic E-state index is 12.2. The van der Waals surface area contributed by atoms with E-state index in [-0.39, 0.29) is 11.8 Å². The number of ketones is 1. The zero-order valence-corrected chi connectivity index (χ0v) is 18.6. The zero-order valence-electron chi connectivity index (χ0n) is 17.8. The van der Waals surface area contributed by atoms with Crippen LogP contribution in [0, 0.1) is 0 Å². The third kappa shape index (κ3) is 5.45. The molecule has 0 bridgehead atoms. The van der Waals surface area contributed by atoms with Gasteiger partial charge < -0.3 is 4.90 Å². The maximum Gasteiger partial charge on any atom is 0.175 e. The summed E-state index contributed by atoms with van der Waals surface area (Å²) in [7, 11) is 0. The van der Waals surface area contributed by atoms with E-state index in [9.17, 15) is 4.79 Å². The molecule has 0 saturated carbocycles. The standard InChI is InChI=1S/C23H23ClN2O.C2H6/c1-4-7-22(17(3)27)26-15-19(12-11-16(26)2)21-10-6-13-25-23(21)18-8-5-9-20(24)14-18;1-2/h5-16H,4H2,1-3H3;1-2H3/b22-7-;. The van der Waals surface area contributed by atoms with Gasteiger partial charge in [0.15, 0.2) is 5.78 Å². The van der Waals surface area contributed by atoms with E-state index in [0.717, 1.165) is 34.5 Å². The van der Waals surface area contributed by atoms with Crippen LogP contribution < -0.4 is 0 Å². The van der Waals surface area contributed by atoms with Gasteiger partial charge in [0.1, 0.15) is 0 Å². The number of carbonyl (C=O) groups excluding carboxylic acids is 1. The third-order valence-electron chi connectivity index (χ3n) is 4.52. The Morgan fingerprint density at radius 2 is 2.00 bits per heavy atom. The summed E-state index contributed by atoms with van der Waals surface area (Å²) in [5.41, 5.74) is 4.58. The number of nitrogens with zero attached hydrogens (tertiary/aromatic N) is 2. The molecule has 1 aromatic carbocycles. The Labute approximate surface area is 179 Å². The number of rotatable bonds is 5. The van der Waals surface area contributed by atoms with Crippen LogP contribution in [0.4, 0.5) is 0 Å². The van der Waals surface area contributed by atoms with Crippen LogP contribution in [0.2, 0.25) is 5.02 Å². The molecule has 4 heteroatoms. The Morgan fingerprint density at radius 1 is 1.24 bits per heavy atom. The van der Waals surface area contributed by atoms with E-state index in [2.05, 4.69) is 24.1 Å². The summed E-state index contributed by atoms with van der Waals surface area (Å²) < 4.78 is 0. The monoisotopic (exact) mass is 408 g/mol. The van der Waals surface area contributed by atoms with Crippen LogP contribution in [0.1, 0.15) is 46.6 Å². The van der Waals surface area contributed by atoms with Gasteiger partial charge in [-0.25, -0.2) is 0 Å². The fourth-order valence-corrected chi connectivity index (χ4v) is 3.41. The van der Waals surface area contributed by atoms with Crippen molar-refractivity contribution in [2.75, 3.05) is 0 Å². The molecular weight excluding hydrogens is 380 g/mol. The molecule has 0 amide bonds. The van der Waals surface area contributed by atoms with Crippen molar-refractivity contribution < 1.29 is 4.79 Å². The van der Waals surface area contributed by atoms with Gasteiger partial charge in [-0.3, -0.25) is 9.78 Å². The van der Waals surface area contributed by atoms with Crippen molar-refractivity contribution in [1.82, 2.24) is 9.88 Å². The number of aromatic nitrogens is 1. The van der Waals surface area contributed by atoms with Crippen LogP contribution in [0.15, 0.2) is 72.7 Å². The highest BCUT2D eigenvalue weighted by molar-refractivity contribution is 6.30. The van der Waals surface area contributed by atoms with Gasteiger partial charge in [0, 0.05) is 41.5 Å². The van der Waals surface area contributed by atoms with E-state index in [4.69, 9.17) is 11.6 Å². The van der Waals surface area contributed by atoms with Crippen LogP contribution >= 0.6 is 11.6 Å². The lowest BCUT2D eigenvalue weighted by atomic mass is 9.96. The first-order valence-electron chi connectivity index (χ1n) is 10.1. The van der Waals surface area contributed by atoms with Crippen LogP contribution in [0.3, 0.4) is 0 Å². The molecule has 0 N–H and O–H groups in total. The Hall–Kier alpha value is -2.65. The topological polar surface area (TPSA) is 33.2 Å². The van der Waals surface area contributed by atoms with Crippen molar-refractivity contribution in [1.29, 1.82) is 0 Å². The molecule has 0 fully saturated rings. The summed E-state index contributed by atoms with van der Waals surface area (Å²) in [6.07, 6.45) is 10.8. The van der Waals surface area contributed by atoms with Crippen molar-refractivity contribution in [2.45, 2.75) is 47.1 Å². The lowest BCUT2D eigenvalue weighted by Gasteiger charge is -2.31. The fraction of sp³-hybridized carbons (Fsp3) is 0.280. The van der Waals surface area contributed by atoms with Gasteiger partial charge in [-0.05, 0) is 37.1 Å². The summed E-state index contributed by atoms with van der Waals surface area (Å²) in [4.78, 5) is 18.8. The first kappa shape index (κ1) is 22.6. The van der Waals surface area contributed by atoms with Crippen molar-refractivity contribution >= 4 is 23.0 Å². The van der Waals surface area contributed by atoms with Gasteiger partial charge in [-0.15, -0.1) is 0 Å². The van der Waals surface area contributed by atoms with Crippen molar-refractivity contribution in [3.8, 4) is 11.3 Å². The molecule has 0 radical (unpaired) electrons. The Kier molecular flexibility index (Phi) is 8.41. The van der Waals surface area contributed by atoms with E-state index >= 15 is 0 Å². The van der Waals surface area contributed by atoms with Gasteiger partial charge in [0.05, 0.1) is 11.4 Å². The van der Waals surface area contributed by atoms with Gasteiger partial charge >= 0.3 is 0 Å². The number of hydrogen-bond acceptors (Lipinski definition) is 3. The molecule has 0 spiro atoms. The number of pyridine rings is 1. The minimum atomic E-state index is 0.0656. The maximum atomic E-state index is 12.2. The van der Waals surface area contributed by atoms with Crippen molar-refractivity contribution in [3.05, 3.63) is 83.3 Å². The van der Waals surface area contributed by atoms with Gasteiger partial charge in [0.2, 0.25) is 0 Å². The Bertz CT molecular complexity index is 943. The van der Waals surface area contributed by atoms with Crippen LogP contribution in [-0.4, -0.2) is 21.7 Å². The van der Waals surface area contributed by atoms with Gasteiger partial charge in [0.25, 0.3) is 0 Å². The molecule has 1 aliphatic rings. The minimum absolute atomic E-state index is 0.0656. The fourth-order valence-electron chi connectivity index (χ4n) is 3.22. The largest absolute Gasteiger partial charge is 0.338 e. The number of halogens is 1. The molecule has 1 aromatic heterocycles. The second kappa shape index (κ2) is 10.8. The first-order valence-corrected chi connectivity index (χ1v) is 10.5. The number of Topliss-reactive ketones (excluding diaryl/α,β-unsaturated/α-hetero) is 1. The van der Waals surface area contributed by atoms with Gasteiger partial charge in [-0.1, -0.05) is 68.8 Å². The predicted molar refractivity (Wildman–Crippen MR) is 124 cm³/mol. The Morgan fingerprint density at radius 3 is 2.66 bits per heavy atom. The molecule has 29 heavy (non-hydrogen) atoms. The molecule has 1 unspecified atom stereocenters. The quantitative estimate of drug-likeness (QED) is 0.504. The molecular formula is C25H29ClN2O. The minimum Gasteiger partial charge on any atom is -0.338 e. The summed E-state index contributed by atoms with van der Waals surface area (Å²) in [6.45, 7) is 9.73. The second-order valence-electron chi connectivity index (χ2n) is 6.56. The van der Waals surface area contributed by atoms with Crippen molar-refractivity contribution in [2.24, 2.45) is 0 Å². The third-order valence-corrected chi connectivity index (χ3v) is 4.76. The highest BCUT2D eigenvalue weighted by atomic mass is 35.5. The smallest absolute Gasteiger partial charge is 0.175 e. The number of carbonyl (C=O) groups is 1. The molecule has 1 aliphatic heterocycles. The lowest BCUT2D eigenvalue weighted by molar-refractivity contribution is -0.114. The highest BCUT2D eigenvalue weighted by Crippen LogP contribution is 2.32. The van der Waals surface area contributed by atoms with Crippen LogP contribution in [-0.2, 0) is 4.79 Å². The SMILES string of the molecule is CC.CC/C=C(/C(C)=O)N1C=C(c2cccnc2-c2cccc(Cl)c2)C=CC1C. The molecule has 1 atom stereocenters. The lowest BCUT2D eigenvalue weighted by Crippen LogP contribution is -2.31. The summed E-state index contributed by atoms with van der Waals surface area (Å²) >= 11 is 6.18. The molecule has 3 nitrogen and oxygen atoms in total. The van der Waals surface area contributed by atoms with E-state index < -0.39 is 0 Å². The van der Waals surface area contributed by atoms with Gasteiger partial charge in [-0.2, -0.15) is 0 Å². The molecule has 2 aromatic rings. The number of hydrogen-bond donors (Lipinski definition) is 0. The second-order valence-corrected chi connectivity index (χ2v) is 6.99. The average molecular weight is 409 g/mol. The number of allylic oxidation sites excluding steroid dienone is 4. The summed E-state index contributed by atoms with van der Waals surface area (Å²) in [6, 6.07) is 11.8. The molecule has 2 heterocycles. The molecule has 0 aliphatic carbocycles. The van der Waals surface area contributed by atoms with E-state index in [0.29, 0.717) is 5.02 Å². The van der Waals surface area contributed by atoms with Crippen LogP contribution in [0.5, 0.6) is 0 Å². The van der Waals surface area contributed by atoms with E-state index in [1.165, 1.54) is 0 Å². The summed E-state index contributed by atoms with van der Waals surface area (Å²) in [5, 5.41) is 0.678. The number of benzene rings is 1. The van der Waals surface area contributed by atoms with Crippen LogP contribution in [0.25, 0.3) is 16.8 Å². The van der Waals surface area contributed by atoms with Crippen molar-refractivity contribution in [3.63, 3.8) is 0 Å². The van der Waals surface area contributed by atoms with E-state index in [1.54, 1.807) is 13.1 Å². The molecule has 0 saturated heterocycles. The Balaban J connectivity index is 0.00000145. The molecule has 152 valence electrons. The summed E-state index contributed by atoms with van der Waals surface area (Å²) in [5.74, 6) is 0.0656. The zero-order chi connectivity index (χ0) is 21.4. The normalized spacial score (nSPS) is 16.1. The van der Waals surface area contributed by atoms with E-state index in [1.807, 2.05) is 74.3 Å². The first-order chi connectivity index (χ1) is 14.0. The molecule has 3 rings (SSSR count). The predicted octanol–water partition coefficient (Wildman–Crippen LogP) is 6.91. The highest BCUT2D eigenvalue weighted by Gasteiger charge is 2.21. The average Bonchev–Trinajstić information content (AvgIpc) is 2.74.